The van der Waals surface area contributed by atoms with E-state index in [4.69, 9.17) is 4.99 Å². The lowest BCUT2D eigenvalue weighted by atomic mass is 9.81. The predicted octanol–water partition coefficient (Wildman–Crippen LogP) is 14.7. The molecule has 2 unspecified atom stereocenters. The van der Waals surface area contributed by atoms with E-state index in [9.17, 15) is 0 Å². The molecule has 61 heavy (non-hydrogen) atoms. The molecule has 0 saturated carbocycles. The average Bonchev–Trinajstić information content (AvgIpc) is 3.67. The number of nitrogens with zero attached hydrogens (tertiary/aromatic N) is 2. The summed E-state index contributed by atoms with van der Waals surface area (Å²) < 4.78 is 2.45. The summed E-state index contributed by atoms with van der Waals surface area (Å²) in [5.74, 6) is 0.790. The number of hydrogen-bond donors (Lipinski definition) is 1. The van der Waals surface area contributed by atoms with E-state index in [0.717, 1.165) is 28.2 Å². The van der Waals surface area contributed by atoms with Crippen LogP contribution >= 0.6 is 0 Å². The Bertz CT molecular complexity index is 3290. The Balaban J connectivity index is 0.971. The van der Waals surface area contributed by atoms with Gasteiger partial charge < -0.3 is 9.88 Å². The SMILES string of the molecule is CNc1ccccc1C(=NCc1cccc2cc(-n3c4ccc5ccccc5c4c4c5ccccc5ccc43)ccc12)c1ccc(C2=CC(C)C(c3ccccc3)C=C2)cc1. The largest absolute Gasteiger partial charge is 0.388 e. The molecule has 11 rings (SSSR count). The summed E-state index contributed by atoms with van der Waals surface area (Å²) in [6.45, 7) is 2.86. The number of para-hydroxylation sites is 1. The first-order valence-corrected chi connectivity index (χ1v) is 21.4. The molecule has 3 nitrogen and oxygen atoms in total. The Hall–Kier alpha value is -7.49. The van der Waals surface area contributed by atoms with E-state index in [0.29, 0.717) is 18.4 Å². The van der Waals surface area contributed by atoms with E-state index in [1.165, 1.54) is 76.4 Å². The number of nitrogens with one attached hydrogen (secondary N) is 1. The van der Waals surface area contributed by atoms with E-state index >= 15 is 0 Å². The lowest BCUT2D eigenvalue weighted by Gasteiger charge is -2.24. The molecule has 1 aliphatic rings. The first kappa shape index (κ1) is 36.6. The van der Waals surface area contributed by atoms with Crippen molar-refractivity contribution in [3.63, 3.8) is 0 Å². The lowest BCUT2D eigenvalue weighted by Crippen LogP contribution is -2.09. The fraction of sp³-hybridized carbons (Fsp3) is 0.0862. The van der Waals surface area contributed by atoms with Crippen LogP contribution in [0.4, 0.5) is 5.69 Å². The summed E-state index contributed by atoms with van der Waals surface area (Å²) >= 11 is 0. The summed E-state index contributed by atoms with van der Waals surface area (Å²) in [5, 5.41) is 13.5. The van der Waals surface area contributed by atoms with Crippen LogP contribution < -0.4 is 5.32 Å². The van der Waals surface area contributed by atoms with Crippen molar-refractivity contribution in [2.24, 2.45) is 10.9 Å². The van der Waals surface area contributed by atoms with Crippen LogP contribution in [-0.2, 0) is 6.54 Å². The summed E-state index contributed by atoms with van der Waals surface area (Å²) in [6, 6.07) is 68.4. The monoisotopic (exact) mass is 783 g/mol. The fourth-order valence-corrected chi connectivity index (χ4v) is 9.77. The molecule has 1 N–H and O–H groups in total. The molecule has 0 fully saturated rings. The Morgan fingerprint density at radius 1 is 0.590 bits per heavy atom. The highest BCUT2D eigenvalue weighted by Gasteiger charge is 2.21. The second-order valence-corrected chi connectivity index (χ2v) is 16.3. The van der Waals surface area contributed by atoms with E-state index < -0.39 is 0 Å². The first-order chi connectivity index (χ1) is 30.1. The number of rotatable bonds is 8. The Morgan fingerprint density at radius 3 is 1.95 bits per heavy atom. The van der Waals surface area contributed by atoms with Crippen molar-refractivity contribution in [2.75, 3.05) is 12.4 Å². The van der Waals surface area contributed by atoms with Gasteiger partial charge in [0.25, 0.3) is 0 Å². The van der Waals surface area contributed by atoms with Gasteiger partial charge in [0.05, 0.1) is 23.3 Å². The number of benzene rings is 9. The van der Waals surface area contributed by atoms with E-state index in [1.54, 1.807) is 0 Å². The van der Waals surface area contributed by atoms with Crippen LogP contribution in [0.25, 0.3) is 65.4 Å². The number of fused-ring (bicyclic) bond motifs is 8. The first-order valence-electron chi connectivity index (χ1n) is 21.4. The van der Waals surface area contributed by atoms with Gasteiger partial charge in [-0.05, 0) is 90.8 Å². The van der Waals surface area contributed by atoms with Gasteiger partial charge in [-0.2, -0.15) is 0 Å². The van der Waals surface area contributed by atoms with Gasteiger partial charge in [-0.25, -0.2) is 0 Å². The minimum absolute atomic E-state index is 0.386. The zero-order valence-electron chi connectivity index (χ0n) is 34.4. The molecule has 0 saturated heterocycles. The average molecular weight is 784 g/mol. The molecular weight excluding hydrogens is 739 g/mol. The maximum Gasteiger partial charge on any atom is 0.0743 e. The van der Waals surface area contributed by atoms with Crippen molar-refractivity contribution in [1.29, 1.82) is 0 Å². The second kappa shape index (κ2) is 15.3. The van der Waals surface area contributed by atoms with Crippen molar-refractivity contribution in [2.45, 2.75) is 19.4 Å². The third-order valence-electron chi connectivity index (χ3n) is 12.8. The Kier molecular flexibility index (Phi) is 9.16. The molecule has 0 radical (unpaired) electrons. The zero-order valence-corrected chi connectivity index (χ0v) is 34.4. The third-order valence-corrected chi connectivity index (χ3v) is 12.8. The van der Waals surface area contributed by atoms with Crippen LogP contribution in [0.3, 0.4) is 0 Å². The highest BCUT2D eigenvalue weighted by atomic mass is 15.0. The summed E-state index contributed by atoms with van der Waals surface area (Å²) in [5.41, 5.74) is 12.8. The standard InChI is InChI=1S/C58H45N3/c1-38-35-44(27-31-48(38)40-13-4-3-5-14-40)39-23-25-43(26-24-39)58(52-21-10-11-22-53(52)59-2)60-37-46-18-12-17-45-36-47(30-32-49(45)46)61-54-33-28-41-15-6-8-19-50(41)56(54)57-51-20-9-7-16-42(51)29-34-55(57)61/h3-36,38,48,59H,37H2,1-2H3. The second-order valence-electron chi connectivity index (χ2n) is 16.3. The number of aliphatic imine (C=N–C) groups is 1. The smallest absolute Gasteiger partial charge is 0.0743 e. The van der Waals surface area contributed by atoms with Crippen molar-refractivity contribution in [3.05, 3.63) is 234 Å². The number of anilines is 1. The zero-order chi connectivity index (χ0) is 40.9. The van der Waals surface area contributed by atoms with E-state index in [-0.39, 0.29) is 0 Å². The van der Waals surface area contributed by atoms with Gasteiger partial charge in [0.15, 0.2) is 0 Å². The molecule has 9 aromatic carbocycles. The normalized spacial score (nSPS) is 15.6. The van der Waals surface area contributed by atoms with Crippen LogP contribution in [0.15, 0.2) is 211 Å². The predicted molar refractivity (Wildman–Crippen MR) is 261 cm³/mol. The maximum atomic E-state index is 5.45. The highest BCUT2D eigenvalue weighted by Crippen LogP contribution is 2.41. The van der Waals surface area contributed by atoms with Crippen molar-refractivity contribution >= 4 is 71.1 Å². The molecule has 10 aromatic rings. The van der Waals surface area contributed by atoms with Gasteiger partial charge in [-0.3, -0.25) is 4.99 Å². The number of aromatic nitrogens is 1. The highest BCUT2D eigenvalue weighted by molar-refractivity contribution is 6.28. The lowest BCUT2D eigenvalue weighted by molar-refractivity contribution is 0.638. The van der Waals surface area contributed by atoms with Crippen LogP contribution in [0, 0.1) is 5.92 Å². The van der Waals surface area contributed by atoms with Gasteiger partial charge in [-0.1, -0.05) is 183 Å². The molecule has 0 amide bonds. The van der Waals surface area contributed by atoms with Crippen LogP contribution in [-0.4, -0.2) is 17.3 Å². The molecule has 0 spiro atoms. The fourth-order valence-electron chi connectivity index (χ4n) is 9.77. The molecule has 1 heterocycles. The minimum Gasteiger partial charge on any atom is -0.388 e. The van der Waals surface area contributed by atoms with Gasteiger partial charge in [0.1, 0.15) is 0 Å². The van der Waals surface area contributed by atoms with Crippen LogP contribution in [0.1, 0.15) is 40.7 Å². The minimum atomic E-state index is 0.386. The number of hydrogen-bond acceptors (Lipinski definition) is 2. The molecule has 3 heteroatoms. The topological polar surface area (TPSA) is 29.3 Å². The molecule has 2 atom stereocenters. The molecule has 1 aromatic heterocycles. The van der Waals surface area contributed by atoms with Gasteiger partial charge in [0.2, 0.25) is 0 Å². The van der Waals surface area contributed by atoms with Gasteiger partial charge in [-0.15, -0.1) is 0 Å². The Morgan fingerprint density at radius 2 is 1.25 bits per heavy atom. The molecule has 1 aliphatic carbocycles. The molecular formula is C58H45N3. The quantitative estimate of drug-likeness (QED) is 0.153. The van der Waals surface area contributed by atoms with Crippen LogP contribution in [0.2, 0.25) is 0 Å². The molecule has 292 valence electrons. The van der Waals surface area contributed by atoms with E-state index in [1.807, 2.05) is 7.05 Å². The van der Waals surface area contributed by atoms with Crippen molar-refractivity contribution < 1.29 is 0 Å². The number of allylic oxidation sites excluding steroid dienone is 4. The van der Waals surface area contributed by atoms with Gasteiger partial charge >= 0.3 is 0 Å². The maximum absolute atomic E-state index is 5.45. The van der Waals surface area contributed by atoms with Crippen molar-refractivity contribution in [3.8, 4) is 5.69 Å². The third kappa shape index (κ3) is 6.42. The summed E-state index contributed by atoms with van der Waals surface area (Å²) in [7, 11) is 1.98. The van der Waals surface area contributed by atoms with Crippen molar-refractivity contribution in [1.82, 2.24) is 4.57 Å². The van der Waals surface area contributed by atoms with Crippen LogP contribution in [0.5, 0.6) is 0 Å². The van der Waals surface area contributed by atoms with E-state index in [2.05, 4.69) is 223 Å². The summed E-state index contributed by atoms with van der Waals surface area (Å²) in [4.78, 5) is 5.45. The summed E-state index contributed by atoms with van der Waals surface area (Å²) in [6.07, 6.45) is 7.06. The molecule has 0 aliphatic heterocycles. The Labute approximate surface area is 356 Å². The van der Waals surface area contributed by atoms with Gasteiger partial charge in [0, 0.05) is 46.2 Å². The molecule has 0 bridgehead atoms.